The number of amides is 1. The lowest BCUT2D eigenvalue weighted by atomic mass is 10.1. The third-order valence-electron chi connectivity index (χ3n) is 2.65. The third kappa shape index (κ3) is 4.31. The first-order chi connectivity index (χ1) is 8.95. The molecule has 6 heteroatoms. The summed E-state index contributed by atoms with van der Waals surface area (Å²) in [7, 11) is 0. The largest absolute Gasteiger partial charge is 0.481 e. The molecule has 104 valence electrons. The van der Waals surface area contributed by atoms with E-state index in [2.05, 4.69) is 0 Å². The zero-order valence-corrected chi connectivity index (χ0v) is 10.5. The molecule has 0 aliphatic heterocycles. The number of aliphatic carboxylic acids is 1. The lowest BCUT2D eigenvalue weighted by Gasteiger charge is -2.20. The van der Waals surface area contributed by atoms with Gasteiger partial charge >= 0.3 is 5.97 Å². The summed E-state index contributed by atoms with van der Waals surface area (Å²) in [6, 6.07) is 5.21. The molecule has 0 radical (unpaired) electrons. The molecule has 4 nitrogen and oxygen atoms in total. The molecule has 0 heterocycles. The number of benzene rings is 1. The molecule has 0 bridgehead atoms. The molecule has 0 aromatic heterocycles. The van der Waals surface area contributed by atoms with Gasteiger partial charge in [0.2, 0.25) is 0 Å². The van der Waals surface area contributed by atoms with E-state index < -0.39 is 18.3 Å². The van der Waals surface area contributed by atoms with Crippen molar-refractivity contribution in [1.29, 1.82) is 0 Å². The zero-order chi connectivity index (χ0) is 14.4. The van der Waals surface area contributed by atoms with Gasteiger partial charge in [0.1, 0.15) is 0 Å². The Bertz CT molecular complexity index is 463. The molecule has 1 amide bonds. The number of alkyl halides is 2. The average Bonchev–Trinajstić information content (AvgIpc) is 2.39. The Morgan fingerprint density at radius 3 is 2.58 bits per heavy atom. The molecule has 1 aromatic rings. The van der Waals surface area contributed by atoms with Crippen LogP contribution in [0.3, 0.4) is 0 Å². The number of carboxylic acids is 1. The quantitative estimate of drug-likeness (QED) is 0.865. The smallest absolute Gasteiger partial charge is 0.305 e. The molecular weight excluding hydrogens is 256 g/mol. The predicted octanol–water partition coefficient (Wildman–Crippen LogP) is 2.56. The van der Waals surface area contributed by atoms with Gasteiger partial charge in [0, 0.05) is 24.2 Å². The number of hydrogen-bond donors (Lipinski definition) is 1. The number of nitrogens with zero attached hydrogens (tertiary/aromatic N) is 1. The SMILES string of the molecule is CCN(CCC(=O)O)C(=O)c1cccc(C(F)F)c1. The summed E-state index contributed by atoms with van der Waals surface area (Å²) in [5, 5.41) is 8.59. The molecule has 0 spiro atoms. The van der Waals surface area contributed by atoms with Crippen LogP contribution < -0.4 is 0 Å². The number of carboxylic acid groups (broad SMARTS) is 1. The summed E-state index contributed by atoms with van der Waals surface area (Å²) in [4.78, 5) is 23.9. The van der Waals surface area contributed by atoms with Crippen molar-refractivity contribution < 1.29 is 23.5 Å². The highest BCUT2D eigenvalue weighted by Gasteiger charge is 2.17. The minimum Gasteiger partial charge on any atom is -0.481 e. The second-order valence-electron chi connectivity index (χ2n) is 3.95. The van der Waals surface area contributed by atoms with Crippen LogP contribution in [0.25, 0.3) is 0 Å². The predicted molar refractivity (Wildman–Crippen MR) is 65.2 cm³/mol. The first-order valence-electron chi connectivity index (χ1n) is 5.85. The van der Waals surface area contributed by atoms with Gasteiger partial charge < -0.3 is 10.0 Å². The highest BCUT2D eigenvalue weighted by molar-refractivity contribution is 5.94. The van der Waals surface area contributed by atoms with Crippen LogP contribution in [0.5, 0.6) is 0 Å². The van der Waals surface area contributed by atoms with Crippen LogP contribution in [0.4, 0.5) is 8.78 Å². The fourth-order valence-corrected chi connectivity index (χ4v) is 1.62. The number of rotatable bonds is 6. The fourth-order valence-electron chi connectivity index (χ4n) is 1.62. The summed E-state index contributed by atoms with van der Waals surface area (Å²) >= 11 is 0. The minimum atomic E-state index is -2.64. The molecule has 0 aliphatic carbocycles. The van der Waals surface area contributed by atoms with Crippen molar-refractivity contribution in [3.8, 4) is 0 Å². The van der Waals surface area contributed by atoms with Crippen LogP contribution in [0, 0.1) is 0 Å². The van der Waals surface area contributed by atoms with Crippen molar-refractivity contribution in [2.24, 2.45) is 0 Å². The van der Waals surface area contributed by atoms with Gasteiger partial charge in [0.25, 0.3) is 12.3 Å². The van der Waals surface area contributed by atoms with Crippen LogP contribution in [-0.2, 0) is 4.79 Å². The molecular formula is C13H15F2NO3. The van der Waals surface area contributed by atoms with E-state index in [0.29, 0.717) is 6.54 Å². The maximum absolute atomic E-state index is 12.5. The van der Waals surface area contributed by atoms with Crippen LogP contribution >= 0.6 is 0 Å². The van der Waals surface area contributed by atoms with Crippen LogP contribution in [0.2, 0.25) is 0 Å². The molecule has 0 saturated heterocycles. The summed E-state index contributed by atoms with van der Waals surface area (Å²) in [6.07, 6.45) is -2.81. The lowest BCUT2D eigenvalue weighted by molar-refractivity contribution is -0.137. The highest BCUT2D eigenvalue weighted by Crippen LogP contribution is 2.20. The standard InChI is InChI=1S/C13H15F2NO3/c1-2-16(7-6-11(17)18)13(19)10-5-3-4-9(8-10)12(14)15/h3-5,8,12H,2,6-7H2,1H3,(H,17,18). The second kappa shape index (κ2) is 6.82. The summed E-state index contributed by atoms with van der Waals surface area (Å²) in [6.45, 7) is 2.09. The van der Waals surface area contributed by atoms with Crippen molar-refractivity contribution in [3.05, 3.63) is 35.4 Å². The van der Waals surface area contributed by atoms with Gasteiger partial charge in [-0.3, -0.25) is 9.59 Å². The Kier molecular flexibility index (Phi) is 5.41. The van der Waals surface area contributed by atoms with Crippen molar-refractivity contribution in [2.75, 3.05) is 13.1 Å². The maximum Gasteiger partial charge on any atom is 0.305 e. The zero-order valence-electron chi connectivity index (χ0n) is 10.5. The molecule has 1 N–H and O–H groups in total. The molecule has 1 rings (SSSR count). The van der Waals surface area contributed by atoms with Gasteiger partial charge in [0.05, 0.1) is 6.42 Å². The van der Waals surface area contributed by atoms with Gasteiger partial charge in [-0.1, -0.05) is 12.1 Å². The van der Waals surface area contributed by atoms with Gasteiger partial charge in [-0.05, 0) is 19.1 Å². The number of hydrogen-bond acceptors (Lipinski definition) is 2. The van der Waals surface area contributed by atoms with E-state index >= 15 is 0 Å². The van der Waals surface area contributed by atoms with Gasteiger partial charge in [0.15, 0.2) is 0 Å². The monoisotopic (exact) mass is 271 g/mol. The fraction of sp³-hybridized carbons (Fsp3) is 0.385. The maximum atomic E-state index is 12.5. The van der Waals surface area contributed by atoms with E-state index in [1.54, 1.807) is 6.92 Å². The van der Waals surface area contributed by atoms with Gasteiger partial charge in [-0.25, -0.2) is 8.78 Å². The van der Waals surface area contributed by atoms with E-state index in [0.717, 1.165) is 6.07 Å². The Morgan fingerprint density at radius 1 is 1.37 bits per heavy atom. The first kappa shape index (κ1) is 15.1. The van der Waals surface area contributed by atoms with E-state index in [1.165, 1.54) is 23.1 Å². The van der Waals surface area contributed by atoms with Gasteiger partial charge in [-0.15, -0.1) is 0 Å². The van der Waals surface area contributed by atoms with Crippen LogP contribution in [0.1, 0.15) is 35.7 Å². The summed E-state index contributed by atoms with van der Waals surface area (Å²) in [5.41, 5.74) is -0.0785. The Balaban J connectivity index is 2.84. The average molecular weight is 271 g/mol. The molecule has 0 fully saturated rings. The van der Waals surface area contributed by atoms with Crippen molar-refractivity contribution in [1.82, 2.24) is 4.90 Å². The Labute approximate surface area is 109 Å². The number of halogens is 2. The first-order valence-corrected chi connectivity index (χ1v) is 5.85. The molecule has 0 atom stereocenters. The van der Waals surface area contributed by atoms with E-state index in [4.69, 9.17) is 5.11 Å². The Morgan fingerprint density at radius 2 is 2.05 bits per heavy atom. The third-order valence-corrected chi connectivity index (χ3v) is 2.65. The molecule has 1 aromatic carbocycles. The van der Waals surface area contributed by atoms with Crippen molar-refractivity contribution in [3.63, 3.8) is 0 Å². The second-order valence-corrected chi connectivity index (χ2v) is 3.95. The van der Waals surface area contributed by atoms with Crippen molar-refractivity contribution >= 4 is 11.9 Å². The van der Waals surface area contributed by atoms with E-state index in [-0.39, 0.29) is 24.1 Å². The lowest BCUT2D eigenvalue weighted by Crippen LogP contribution is -2.32. The normalized spacial score (nSPS) is 10.5. The summed E-state index contributed by atoms with van der Waals surface area (Å²) < 4.78 is 25.1. The van der Waals surface area contributed by atoms with Crippen molar-refractivity contribution in [2.45, 2.75) is 19.8 Å². The minimum absolute atomic E-state index is 0.0591. The number of carbonyl (C=O) groups is 2. The Hall–Kier alpha value is -1.98. The van der Waals surface area contributed by atoms with E-state index in [9.17, 15) is 18.4 Å². The van der Waals surface area contributed by atoms with Crippen LogP contribution in [0.15, 0.2) is 24.3 Å². The molecule has 0 aliphatic rings. The molecule has 0 saturated carbocycles. The topological polar surface area (TPSA) is 57.6 Å². The highest BCUT2D eigenvalue weighted by atomic mass is 19.3. The molecule has 0 unspecified atom stereocenters. The van der Waals surface area contributed by atoms with E-state index in [1.807, 2.05) is 0 Å². The number of carbonyl (C=O) groups excluding carboxylic acids is 1. The summed E-state index contributed by atoms with van der Waals surface area (Å²) in [5.74, 6) is -1.45. The molecule has 19 heavy (non-hydrogen) atoms. The van der Waals surface area contributed by atoms with Gasteiger partial charge in [-0.2, -0.15) is 0 Å². The van der Waals surface area contributed by atoms with Crippen LogP contribution in [-0.4, -0.2) is 35.0 Å².